The Kier molecular flexibility index (Phi) is 5.46. The van der Waals surface area contributed by atoms with Crippen molar-refractivity contribution in [2.24, 2.45) is 0 Å². The highest BCUT2D eigenvalue weighted by Gasteiger charge is 2.12. The van der Waals surface area contributed by atoms with Crippen molar-refractivity contribution in [2.45, 2.75) is 40.5 Å². The van der Waals surface area contributed by atoms with Gasteiger partial charge in [-0.1, -0.05) is 42.7 Å². The van der Waals surface area contributed by atoms with Crippen molar-refractivity contribution in [1.29, 1.82) is 0 Å². The Bertz CT molecular complexity index is 611. The molecule has 0 saturated carbocycles. The number of rotatable bonds is 5. The smallest absolute Gasteiger partial charge is 0.141 e. The molecule has 21 heavy (non-hydrogen) atoms. The number of hydrogen-bond donors (Lipinski definition) is 0. The number of ether oxygens (including phenoxy) is 1. The highest BCUT2D eigenvalue weighted by atomic mass is 79.9. The number of benzene rings is 2. The van der Waals surface area contributed by atoms with Gasteiger partial charge >= 0.3 is 0 Å². The zero-order valence-electron chi connectivity index (χ0n) is 13.3. The van der Waals surface area contributed by atoms with E-state index in [1.165, 1.54) is 27.8 Å². The van der Waals surface area contributed by atoms with Gasteiger partial charge in [0.25, 0.3) is 0 Å². The minimum absolute atomic E-state index is 0.760. The minimum Gasteiger partial charge on any atom is -0.492 e. The molecule has 0 amide bonds. The van der Waals surface area contributed by atoms with E-state index in [2.05, 4.69) is 74.0 Å². The summed E-state index contributed by atoms with van der Waals surface area (Å²) in [6, 6.07) is 11.0. The third kappa shape index (κ3) is 4.10. The lowest BCUT2D eigenvalue weighted by atomic mass is 9.98. The molecule has 2 aromatic rings. The van der Waals surface area contributed by atoms with Crippen molar-refractivity contribution in [3.8, 4) is 16.9 Å². The summed E-state index contributed by atoms with van der Waals surface area (Å²) in [5.74, 6) is 0.957. The van der Waals surface area contributed by atoms with E-state index in [9.17, 15) is 0 Å². The number of halogens is 1. The van der Waals surface area contributed by atoms with Crippen molar-refractivity contribution in [2.75, 3.05) is 6.61 Å². The molecule has 0 radical (unpaired) electrons. The molecule has 0 aliphatic carbocycles. The van der Waals surface area contributed by atoms with Crippen molar-refractivity contribution >= 4 is 15.9 Å². The average Bonchev–Trinajstić information content (AvgIpc) is 2.39. The first-order valence-electron chi connectivity index (χ1n) is 7.53. The Morgan fingerprint density at radius 3 is 2.14 bits per heavy atom. The van der Waals surface area contributed by atoms with Gasteiger partial charge in [0.2, 0.25) is 0 Å². The molecular formula is C19H23BrO. The zero-order valence-corrected chi connectivity index (χ0v) is 14.9. The Hall–Kier alpha value is -1.28. The van der Waals surface area contributed by atoms with Gasteiger partial charge in [-0.05, 0) is 66.4 Å². The van der Waals surface area contributed by atoms with Crippen molar-refractivity contribution in [3.05, 3.63) is 51.5 Å². The third-order valence-corrected chi connectivity index (χ3v) is 4.05. The summed E-state index contributed by atoms with van der Waals surface area (Å²) in [5, 5.41) is 0. The van der Waals surface area contributed by atoms with Crippen LogP contribution < -0.4 is 4.74 Å². The van der Waals surface area contributed by atoms with Gasteiger partial charge in [-0.2, -0.15) is 0 Å². The molecular weight excluding hydrogens is 324 g/mol. The van der Waals surface area contributed by atoms with Crippen LogP contribution in [0.25, 0.3) is 11.1 Å². The first kappa shape index (κ1) is 16.1. The van der Waals surface area contributed by atoms with Crippen LogP contribution in [0.15, 0.2) is 34.8 Å². The van der Waals surface area contributed by atoms with E-state index in [1.54, 1.807) is 0 Å². The topological polar surface area (TPSA) is 9.23 Å². The standard InChI is InChI=1S/C19H23BrO/c1-5-6-7-21-19-17(11-15(4)12-18(19)20)16-9-13(2)8-14(3)10-16/h8-12H,5-7H2,1-4H3. The molecule has 0 aliphatic rings. The second kappa shape index (κ2) is 7.13. The molecule has 0 N–H and O–H groups in total. The van der Waals surface area contributed by atoms with Gasteiger partial charge in [0.05, 0.1) is 11.1 Å². The molecule has 2 heteroatoms. The fourth-order valence-electron chi connectivity index (χ4n) is 2.54. The normalized spacial score (nSPS) is 10.7. The SMILES string of the molecule is CCCCOc1c(Br)cc(C)cc1-c1cc(C)cc(C)c1. The molecule has 0 aliphatic heterocycles. The summed E-state index contributed by atoms with van der Waals surface area (Å²) in [4.78, 5) is 0. The molecule has 2 aromatic carbocycles. The second-order valence-corrected chi connectivity index (χ2v) is 6.56. The third-order valence-electron chi connectivity index (χ3n) is 3.46. The number of unbranched alkanes of at least 4 members (excludes halogenated alkanes) is 1. The van der Waals surface area contributed by atoms with Gasteiger partial charge in [0.1, 0.15) is 5.75 Å². The molecule has 2 rings (SSSR count). The lowest BCUT2D eigenvalue weighted by Crippen LogP contribution is -2.00. The van der Waals surface area contributed by atoms with E-state index in [4.69, 9.17) is 4.74 Å². The van der Waals surface area contributed by atoms with E-state index in [1.807, 2.05) is 0 Å². The predicted molar refractivity (Wildman–Crippen MR) is 94.2 cm³/mol. The van der Waals surface area contributed by atoms with Crippen molar-refractivity contribution in [3.63, 3.8) is 0 Å². The first-order chi connectivity index (χ1) is 10.0. The van der Waals surface area contributed by atoms with Crippen LogP contribution in [0.2, 0.25) is 0 Å². The second-order valence-electron chi connectivity index (χ2n) is 5.70. The summed E-state index contributed by atoms with van der Waals surface area (Å²) in [6.45, 7) is 9.33. The maximum Gasteiger partial charge on any atom is 0.141 e. The number of hydrogen-bond acceptors (Lipinski definition) is 1. The lowest BCUT2D eigenvalue weighted by Gasteiger charge is -2.15. The molecule has 0 saturated heterocycles. The first-order valence-corrected chi connectivity index (χ1v) is 8.32. The molecule has 0 atom stereocenters. The van der Waals surface area contributed by atoms with Crippen LogP contribution in [-0.4, -0.2) is 6.61 Å². The van der Waals surface area contributed by atoms with Crippen LogP contribution >= 0.6 is 15.9 Å². The van der Waals surface area contributed by atoms with E-state index in [0.29, 0.717) is 0 Å². The minimum atomic E-state index is 0.760. The highest BCUT2D eigenvalue weighted by Crippen LogP contribution is 2.38. The summed E-state index contributed by atoms with van der Waals surface area (Å²) in [6.07, 6.45) is 2.22. The van der Waals surface area contributed by atoms with Crippen molar-refractivity contribution < 1.29 is 4.74 Å². The Balaban J connectivity index is 2.49. The molecule has 0 bridgehead atoms. The fraction of sp³-hybridized carbons (Fsp3) is 0.368. The maximum absolute atomic E-state index is 6.05. The van der Waals surface area contributed by atoms with Gasteiger partial charge in [0, 0.05) is 5.56 Å². The molecule has 0 spiro atoms. The fourth-order valence-corrected chi connectivity index (χ4v) is 3.23. The lowest BCUT2D eigenvalue weighted by molar-refractivity contribution is 0.309. The quantitative estimate of drug-likeness (QED) is 0.583. The molecule has 1 nitrogen and oxygen atoms in total. The van der Waals surface area contributed by atoms with Crippen LogP contribution in [0.5, 0.6) is 5.75 Å². The number of aryl methyl sites for hydroxylation is 3. The van der Waals surface area contributed by atoms with Crippen molar-refractivity contribution in [1.82, 2.24) is 0 Å². The van der Waals surface area contributed by atoms with Crippen LogP contribution in [-0.2, 0) is 0 Å². The summed E-state index contributed by atoms with van der Waals surface area (Å²) < 4.78 is 7.09. The van der Waals surface area contributed by atoms with Gasteiger partial charge < -0.3 is 4.74 Å². The largest absolute Gasteiger partial charge is 0.492 e. The van der Waals surface area contributed by atoms with Crippen LogP contribution in [0.1, 0.15) is 36.5 Å². The van der Waals surface area contributed by atoms with E-state index in [-0.39, 0.29) is 0 Å². The zero-order chi connectivity index (χ0) is 15.4. The summed E-state index contributed by atoms with van der Waals surface area (Å²) in [7, 11) is 0. The monoisotopic (exact) mass is 346 g/mol. The molecule has 0 aromatic heterocycles. The predicted octanol–water partition coefficient (Wildman–Crippen LogP) is 6.22. The molecule has 0 heterocycles. The molecule has 0 fully saturated rings. The average molecular weight is 347 g/mol. The van der Waals surface area contributed by atoms with Gasteiger partial charge in [-0.15, -0.1) is 0 Å². The van der Waals surface area contributed by atoms with E-state index in [0.717, 1.165) is 29.7 Å². The van der Waals surface area contributed by atoms with Gasteiger partial charge in [-0.3, -0.25) is 0 Å². The molecule has 112 valence electrons. The Morgan fingerprint density at radius 1 is 0.905 bits per heavy atom. The Labute approximate surface area is 136 Å². The summed E-state index contributed by atoms with van der Waals surface area (Å²) >= 11 is 3.66. The van der Waals surface area contributed by atoms with E-state index < -0.39 is 0 Å². The van der Waals surface area contributed by atoms with Crippen LogP contribution in [0.3, 0.4) is 0 Å². The van der Waals surface area contributed by atoms with Gasteiger partial charge in [-0.25, -0.2) is 0 Å². The molecule has 0 unspecified atom stereocenters. The van der Waals surface area contributed by atoms with E-state index >= 15 is 0 Å². The van der Waals surface area contributed by atoms with Crippen LogP contribution in [0.4, 0.5) is 0 Å². The highest BCUT2D eigenvalue weighted by molar-refractivity contribution is 9.10. The summed E-state index contributed by atoms with van der Waals surface area (Å²) in [5.41, 5.74) is 6.19. The maximum atomic E-state index is 6.05. The van der Waals surface area contributed by atoms with Crippen LogP contribution in [0, 0.1) is 20.8 Å². The Morgan fingerprint density at radius 2 is 1.52 bits per heavy atom. The van der Waals surface area contributed by atoms with Gasteiger partial charge in [0.15, 0.2) is 0 Å².